The molecule has 0 radical (unpaired) electrons. The molecule has 2 heteroatoms. The van der Waals surface area contributed by atoms with Crippen LogP contribution in [0.4, 0.5) is 0 Å². The molecule has 1 aromatic rings. The summed E-state index contributed by atoms with van der Waals surface area (Å²) in [4.78, 5) is 11.8. The summed E-state index contributed by atoms with van der Waals surface area (Å²) >= 11 is 0. The summed E-state index contributed by atoms with van der Waals surface area (Å²) in [6, 6.07) is 8.36. The molecule has 0 fully saturated rings. The van der Waals surface area contributed by atoms with Crippen LogP contribution in [0.3, 0.4) is 0 Å². The highest BCUT2D eigenvalue weighted by atomic mass is 16.1. The van der Waals surface area contributed by atoms with Crippen LogP contribution in [0.15, 0.2) is 24.3 Å². The number of ketones is 1. The number of Topliss-reactive ketones (excluding diaryl/α,β-unsaturated/α-hetero) is 1. The van der Waals surface area contributed by atoms with Crippen molar-refractivity contribution in [2.75, 3.05) is 6.54 Å². The van der Waals surface area contributed by atoms with Gasteiger partial charge >= 0.3 is 0 Å². The Bertz CT molecular complexity index is 387. The van der Waals surface area contributed by atoms with Gasteiger partial charge in [0.05, 0.1) is 0 Å². The van der Waals surface area contributed by atoms with E-state index in [9.17, 15) is 4.79 Å². The van der Waals surface area contributed by atoms with Crippen LogP contribution in [0.2, 0.25) is 0 Å². The second kappa shape index (κ2) is 6.14. The minimum absolute atomic E-state index is 0.163. The largest absolute Gasteiger partial charge is 0.330 e. The summed E-state index contributed by atoms with van der Waals surface area (Å²) in [6.45, 7) is 9.16. The van der Waals surface area contributed by atoms with Crippen molar-refractivity contribution in [3.05, 3.63) is 35.4 Å². The first kappa shape index (κ1) is 14.9. The molecular weight excluding hydrogens is 222 g/mol. The van der Waals surface area contributed by atoms with Gasteiger partial charge in [-0.2, -0.15) is 0 Å². The lowest BCUT2D eigenvalue weighted by atomic mass is 9.86. The highest BCUT2D eigenvalue weighted by molar-refractivity contribution is 5.81. The molecule has 1 unspecified atom stereocenters. The van der Waals surface area contributed by atoms with Gasteiger partial charge < -0.3 is 5.73 Å². The molecule has 0 aliphatic rings. The first-order chi connectivity index (χ1) is 8.32. The van der Waals surface area contributed by atoms with Crippen molar-refractivity contribution in [3.8, 4) is 0 Å². The van der Waals surface area contributed by atoms with Gasteiger partial charge in [-0.15, -0.1) is 0 Å². The second-order valence-electron chi connectivity index (χ2n) is 6.21. The molecule has 0 saturated carbocycles. The Labute approximate surface area is 111 Å². The molecule has 2 N–H and O–H groups in total. The Hall–Kier alpha value is -1.15. The van der Waals surface area contributed by atoms with Crippen molar-refractivity contribution < 1.29 is 4.79 Å². The number of hydrogen-bond donors (Lipinski definition) is 1. The molecule has 0 spiro atoms. The fourth-order valence-corrected chi connectivity index (χ4v) is 1.89. The Morgan fingerprint density at radius 3 is 2.22 bits per heavy atom. The van der Waals surface area contributed by atoms with Gasteiger partial charge in [-0.1, -0.05) is 52.0 Å². The molecule has 0 aromatic heterocycles. The lowest BCUT2D eigenvalue weighted by Gasteiger charge is -2.19. The van der Waals surface area contributed by atoms with Crippen LogP contribution in [0.1, 0.15) is 45.2 Å². The summed E-state index contributed by atoms with van der Waals surface area (Å²) in [7, 11) is 0. The lowest BCUT2D eigenvalue weighted by molar-refractivity contribution is -0.119. The molecule has 0 bridgehead atoms. The highest BCUT2D eigenvalue weighted by Gasteiger charge is 2.13. The zero-order valence-electron chi connectivity index (χ0n) is 12.0. The maximum absolute atomic E-state index is 11.8. The van der Waals surface area contributed by atoms with Crippen molar-refractivity contribution in [2.45, 2.75) is 46.0 Å². The van der Waals surface area contributed by atoms with Crippen LogP contribution in [-0.2, 0) is 16.6 Å². The van der Waals surface area contributed by atoms with E-state index in [0.717, 1.165) is 5.56 Å². The Morgan fingerprint density at radius 1 is 1.22 bits per heavy atom. The molecule has 0 heterocycles. The number of hydrogen-bond acceptors (Lipinski definition) is 2. The average molecular weight is 247 g/mol. The van der Waals surface area contributed by atoms with Crippen molar-refractivity contribution in [2.24, 2.45) is 11.7 Å². The fourth-order valence-electron chi connectivity index (χ4n) is 1.89. The van der Waals surface area contributed by atoms with Gasteiger partial charge in [-0.05, 0) is 29.0 Å². The molecule has 1 rings (SSSR count). The van der Waals surface area contributed by atoms with Crippen LogP contribution in [0, 0.1) is 5.92 Å². The Kier molecular flexibility index (Phi) is 5.09. The van der Waals surface area contributed by atoms with Crippen LogP contribution in [-0.4, -0.2) is 12.3 Å². The van der Waals surface area contributed by atoms with Gasteiger partial charge in [0.25, 0.3) is 0 Å². The van der Waals surface area contributed by atoms with E-state index in [0.29, 0.717) is 19.4 Å². The first-order valence-corrected chi connectivity index (χ1v) is 6.64. The monoisotopic (exact) mass is 247 g/mol. The van der Waals surface area contributed by atoms with Crippen molar-refractivity contribution >= 4 is 5.78 Å². The maximum Gasteiger partial charge on any atom is 0.137 e. The third-order valence-corrected chi connectivity index (χ3v) is 3.20. The number of nitrogens with two attached hydrogens (primary N) is 1. The molecule has 18 heavy (non-hydrogen) atoms. The second-order valence-corrected chi connectivity index (χ2v) is 6.21. The molecule has 1 atom stereocenters. The number of carbonyl (C=O) groups excluding carboxylic acids is 1. The zero-order chi connectivity index (χ0) is 13.8. The minimum Gasteiger partial charge on any atom is -0.330 e. The smallest absolute Gasteiger partial charge is 0.137 e. The topological polar surface area (TPSA) is 43.1 Å². The molecule has 1 aromatic carbocycles. The lowest BCUT2D eigenvalue weighted by Crippen LogP contribution is -2.16. The summed E-state index contributed by atoms with van der Waals surface area (Å²) in [5, 5.41) is 0. The molecule has 0 aliphatic heterocycles. The standard InChI is InChI=1S/C16H25NO/c1-12(11-17)9-15(18)10-13-5-7-14(8-6-13)16(2,3)4/h5-8,12H,9-11,17H2,1-4H3. The third-order valence-electron chi connectivity index (χ3n) is 3.20. The van der Waals surface area contributed by atoms with Gasteiger partial charge in [-0.25, -0.2) is 0 Å². The third kappa shape index (κ3) is 4.61. The Morgan fingerprint density at radius 2 is 1.78 bits per heavy atom. The van der Waals surface area contributed by atoms with Gasteiger partial charge in [0.1, 0.15) is 5.78 Å². The van der Waals surface area contributed by atoms with Crippen LogP contribution >= 0.6 is 0 Å². The summed E-state index contributed by atoms with van der Waals surface area (Å²) < 4.78 is 0. The van der Waals surface area contributed by atoms with E-state index in [1.807, 2.05) is 6.92 Å². The number of benzene rings is 1. The van der Waals surface area contributed by atoms with Gasteiger partial charge in [0.15, 0.2) is 0 Å². The SMILES string of the molecule is CC(CN)CC(=O)Cc1ccc(C(C)(C)C)cc1. The van der Waals surface area contributed by atoms with Gasteiger partial charge in [-0.3, -0.25) is 4.79 Å². The maximum atomic E-state index is 11.8. The Balaban J connectivity index is 2.61. The van der Waals surface area contributed by atoms with E-state index in [4.69, 9.17) is 5.73 Å². The van der Waals surface area contributed by atoms with E-state index in [2.05, 4.69) is 45.0 Å². The van der Waals surface area contributed by atoms with E-state index < -0.39 is 0 Å². The van der Waals surface area contributed by atoms with Gasteiger partial charge in [0.2, 0.25) is 0 Å². The van der Waals surface area contributed by atoms with Crippen LogP contribution in [0.5, 0.6) is 0 Å². The molecule has 0 aliphatic carbocycles. The summed E-state index contributed by atoms with van der Waals surface area (Å²) in [5.41, 5.74) is 8.09. The zero-order valence-corrected chi connectivity index (χ0v) is 12.0. The summed E-state index contributed by atoms with van der Waals surface area (Å²) in [6.07, 6.45) is 1.10. The molecular formula is C16H25NO. The fraction of sp³-hybridized carbons (Fsp3) is 0.562. The molecule has 0 saturated heterocycles. The van der Waals surface area contributed by atoms with Crippen LogP contribution in [0.25, 0.3) is 0 Å². The molecule has 2 nitrogen and oxygen atoms in total. The van der Waals surface area contributed by atoms with Crippen molar-refractivity contribution in [1.29, 1.82) is 0 Å². The minimum atomic E-state index is 0.163. The van der Waals surface area contributed by atoms with E-state index in [1.165, 1.54) is 5.56 Å². The molecule has 100 valence electrons. The number of rotatable bonds is 5. The highest BCUT2D eigenvalue weighted by Crippen LogP contribution is 2.22. The van der Waals surface area contributed by atoms with E-state index in [1.54, 1.807) is 0 Å². The van der Waals surface area contributed by atoms with Crippen LogP contribution < -0.4 is 5.73 Å². The van der Waals surface area contributed by atoms with Gasteiger partial charge in [0, 0.05) is 12.8 Å². The summed E-state index contributed by atoms with van der Waals surface area (Å²) in [5.74, 6) is 0.558. The first-order valence-electron chi connectivity index (χ1n) is 6.64. The molecule has 0 amide bonds. The quantitative estimate of drug-likeness (QED) is 0.869. The predicted molar refractivity (Wildman–Crippen MR) is 76.7 cm³/mol. The normalized spacial score (nSPS) is 13.4. The van der Waals surface area contributed by atoms with Crippen molar-refractivity contribution in [1.82, 2.24) is 0 Å². The number of carbonyl (C=O) groups is 1. The van der Waals surface area contributed by atoms with E-state index >= 15 is 0 Å². The average Bonchev–Trinajstić information content (AvgIpc) is 2.28. The van der Waals surface area contributed by atoms with E-state index in [-0.39, 0.29) is 17.1 Å². The van der Waals surface area contributed by atoms with Crippen molar-refractivity contribution in [3.63, 3.8) is 0 Å². The predicted octanol–water partition coefficient (Wildman–Crippen LogP) is 3.08.